The molecular weight excluding hydrogens is 390 g/mol. The molecule has 0 aliphatic carbocycles. The number of ether oxygens (including phenoxy) is 2. The number of hydrogen-bond donors (Lipinski definition) is 2. The zero-order valence-corrected chi connectivity index (χ0v) is 18.2. The molecule has 0 bridgehead atoms. The van der Waals surface area contributed by atoms with Crippen LogP contribution in [0, 0.1) is 6.92 Å². The normalized spacial score (nSPS) is 17.8. The predicted octanol–water partition coefficient (Wildman–Crippen LogP) is 6.29. The number of carboxylic acids is 1. The van der Waals surface area contributed by atoms with Crippen LogP contribution >= 0.6 is 0 Å². The predicted molar refractivity (Wildman–Crippen MR) is 121 cm³/mol. The Hall–Kier alpha value is -3.31. The van der Waals surface area contributed by atoms with Crippen molar-refractivity contribution >= 4 is 11.7 Å². The van der Waals surface area contributed by atoms with Gasteiger partial charge < -0.3 is 19.9 Å². The third kappa shape index (κ3) is 4.89. The van der Waals surface area contributed by atoms with Gasteiger partial charge in [-0.15, -0.1) is 0 Å². The van der Waals surface area contributed by atoms with Crippen LogP contribution in [0.25, 0.3) is 0 Å². The van der Waals surface area contributed by atoms with Crippen molar-refractivity contribution in [3.05, 3.63) is 89.0 Å². The number of nitrogens with one attached hydrogen (secondary N) is 1. The topological polar surface area (TPSA) is 71.1 Å². The van der Waals surface area contributed by atoms with Gasteiger partial charge in [0.25, 0.3) is 0 Å². The van der Waals surface area contributed by atoms with Crippen LogP contribution in [0.4, 0.5) is 5.69 Å². The maximum absolute atomic E-state index is 11.0. The second kappa shape index (κ2) is 8.08. The maximum atomic E-state index is 11.0. The highest BCUT2D eigenvalue weighted by Gasteiger charge is 2.41. The number of hydrogen-bond acceptors (Lipinski definition) is 4. The number of carboxylic acid groups (broad SMARTS) is 1. The fraction of sp³-hybridized carbons (Fsp3) is 0.269. The van der Waals surface area contributed by atoms with Crippen LogP contribution in [0.1, 0.15) is 53.9 Å². The second-order valence-electron chi connectivity index (χ2n) is 8.92. The van der Waals surface area contributed by atoms with Crippen molar-refractivity contribution in [1.29, 1.82) is 0 Å². The standard InChI is InChI=1S/C26H27NO4/c1-16-5-12-20(13-6-16)30-22-15-18(9-14-21(22)26(2,3)4)23-24(31-23)27-19-10-7-17(8-11-19)25(28)29/h5-15,23-24,27H,1-4H3,(H,28,29). The Balaban J connectivity index is 1.52. The first-order chi connectivity index (χ1) is 14.7. The van der Waals surface area contributed by atoms with E-state index in [1.54, 1.807) is 24.3 Å². The molecule has 5 heteroatoms. The van der Waals surface area contributed by atoms with Crippen LogP contribution in [0.2, 0.25) is 0 Å². The Morgan fingerprint density at radius 2 is 1.68 bits per heavy atom. The molecule has 0 aromatic heterocycles. The molecule has 0 radical (unpaired) electrons. The Labute approximate surface area is 182 Å². The summed E-state index contributed by atoms with van der Waals surface area (Å²) < 4.78 is 12.1. The summed E-state index contributed by atoms with van der Waals surface area (Å²) in [4.78, 5) is 11.0. The molecule has 2 unspecified atom stereocenters. The number of carbonyl (C=O) groups is 1. The molecule has 1 heterocycles. The summed E-state index contributed by atoms with van der Waals surface area (Å²) in [5.41, 5.74) is 4.37. The Morgan fingerprint density at radius 3 is 2.29 bits per heavy atom. The smallest absolute Gasteiger partial charge is 0.335 e. The van der Waals surface area contributed by atoms with Crippen LogP contribution < -0.4 is 10.1 Å². The van der Waals surface area contributed by atoms with Crippen molar-refractivity contribution in [2.24, 2.45) is 0 Å². The third-order valence-electron chi connectivity index (χ3n) is 5.32. The van der Waals surface area contributed by atoms with E-state index in [1.165, 1.54) is 5.56 Å². The molecule has 1 aliphatic heterocycles. The van der Waals surface area contributed by atoms with Gasteiger partial charge in [0, 0.05) is 11.3 Å². The average Bonchev–Trinajstić information content (AvgIpc) is 3.48. The lowest BCUT2D eigenvalue weighted by atomic mass is 9.85. The van der Waals surface area contributed by atoms with E-state index >= 15 is 0 Å². The number of aryl methyl sites for hydroxylation is 1. The third-order valence-corrected chi connectivity index (χ3v) is 5.32. The van der Waals surface area contributed by atoms with E-state index in [1.807, 2.05) is 24.3 Å². The zero-order valence-electron chi connectivity index (χ0n) is 18.2. The van der Waals surface area contributed by atoms with Crippen molar-refractivity contribution in [1.82, 2.24) is 0 Å². The Bertz CT molecular complexity index is 1080. The molecule has 2 atom stereocenters. The zero-order chi connectivity index (χ0) is 22.2. The van der Waals surface area contributed by atoms with Crippen LogP contribution in [0.5, 0.6) is 11.5 Å². The second-order valence-corrected chi connectivity index (χ2v) is 8.92. The molecule has 2 N–H and O–H groups in total. The molecule has 3 aromatic carbocycles. The van der Waals surface area contributed by atoms with Gasteiger partial charge in [0.1, 0.15) is 17.6 Å². The van der Waals surface area contributed by atoms with E-state index < -0.39 is 5.97 Å². The van der Waals surface area contributed by atoms with Crippen molar-refractivity contribution in [2.45, 2.75) is 45.4 Å². The summed E-state index contributed by atoms with van der Waals surface area (Å²) in [5.74, 6) is 0.694. The first-order valence-corrected chi connectivity index (χ1v) is 10.3. The largest absolute Gasteiger partial charge is 0.478 e. The highest BCUT2D eigenvalue weighted by atomic mass is 16.6. The summed E-state index contributed by atoms with van der Waals surface area (Å²) >= 11 is 0. The number of rotatable bonds is 6. The molecule has 3 aromatic rings. The highest BCUT2D eigenvalue weighted by molar-refractivity contribution is 5.88. The van der Waals surface area contributed by atoms with Crippen molar-refractivity contribution < 1.29 is 19.4 Å². The lowest BCUT2D eigenvalue weighted by molar-refractivity contribution is 0.0697. The molecular formula is C26H27NO4. The lowest BCUT2D eigenvalue weighted by Crippen LogP contribution is -2.13. The summed E-state index contributed by atoms with van der Waals surface area (Å²) in [6.45, 7) is 8.56. The lowest BCUT2D eigenvalue weighted by Gasteiger charge is -2.23. The molecule has 4 rings (SSSR count). The molecule has 31 heavy (non-hydrogen) atoms. The molecule has 160 valence electrons. The van der Waals surface area contributed by atoms with Gasteiger partial charge in [-0.05, 0) is 60.4 Å². The molecule has 1 saturated heterocycles. The Kier molecular flexibility index (Phi) is 5.46. The number of benzene rings is 3. The van der Waals surface area contributed by atoms with E-state index in [2.05, 4.69) is 51.2 Å². The number of aromatic carboxylic acids is 1. The van der Waals surface area contributed by atoms with E-state index in [4.69, 9.17) is 14.6 Å². The minimum absolute atomic E-state index is 0.0630. The maximum Gasteiger partial charge on any atom is 0.335 e. The van der Waals surface area contributed by atoms with Crippen LogP contribution in [-0.4, -0.2) is 17.3 Å². The van der Waals surface area contributed by atoms with Gasteiger partial charge in [-0.25, -0.2) is 4.79 Å². The fourth-order valence-electron chi connectivity index (χ4n) is 3.50. The number of epoxide rings is 1. The van der Waals surface area contributed by atoms with Crippen molar-refractivity contribution in [3.8, 4) is 11.5 Å². The first kappa shape index (κ1) is 20.9. The fourth-order valence-corrected chi connectivity index (χ4v) is 3.50. The van der Waals surface area contributed by atoms with Crippen LogP contribution in [0.3, 0.4) is 0 Å². The van der Waals surface area contributed by atoms with Gasteiger partial charge in [0.2, 0.25) is 0 Å². The van der Waals surface area contributed by atoms with Gasteiger partial charge in [0.15, 0.2) is 6.23 Å². The summed E-state index contributed by atoms with van der Waals surface area (Å²) in [6.07, 6.45) is -0.253. The first-order valence-electron chi connectivity index (χ1n) is 10.3. The Morgan fingerprint density at radius 1 is 1.00 bits per heavy atom. The van der Waals surface area contributed by atoms with Crippen molar-refractivity contribution in [3.63, 3.8) is 0 Å². The van der Waals surface area contributed by atoms with E-state index in [0.29, 0.717) is 0 Å². The minimum atomic E-state index is -0.938. The molecule has 1 fully saturated rings. The van der Waals surface area contributed by atoms with Crippen LogP contribution in [0.15, 0.2) is 66.7 Å². The minimum Gasteiger partial charge on any atom is -0.478 e. The highest BCUT2D eigenvalue weighted by Crippen LogP contribution is 2.43. The quantitative estimate of drug-likeness (QED) is 0.461. The van der Waals surface area contributed by atoms with Gasteiger partial charge in [-0.2, -0.15) is 0 Å². The van der Waals surface area contributed by atoms with E-state index in [9.17, 15) is 4.79 Å². The SMILES string of the molecule is Cc1ccc(Oc2cc(C3OC3Nc3ccc(C(=O)O)cc3)ccc2C(C)(C)C)cc1. The summed E-state index contributed by atoms with van der Waals surface area (Å²) in [6, 6.07) is 20.9. The molecule has 0 saturated carbocycles. The van der Waals surface area contributed by atoms with Crippen LogP contribution in [-0.2, 0) is 10.2 Å². The van der Waals surface area contributed by atoms with Gasteiger partial charge in [0.05, 0.1) is 5.56 Å². The van der Waals surface area contributed by atoms with Crippen molar-refractivity contribution in [2.75, 3.05) is 5.32 Å². The molecule has 0 amide bonds. The molecule has 0 spiro atoms. The molecule has 5 nitrogen and oxygen atoms in total. The monoisotopic (exact) mass is 417 g/mol. The van der Waals surface area contributed by atoms with Gasteiger partial charge in [-0.3, -0.25) is 0 Å². The summed E-state index contributed by atoms with van der Waals surface area (Å²) in [5, 5.41) is 12.3. The number of anilines is 1. The van der Waals surface area contributed by atoms with Gasteiger partial charge >= 0.3 is 5.97 Å². The van der Waals surface area contributed by atoms with E-state index in [0.717, 1.165) is 28.3 Å². The average molecular weight is 418 g/mol. The van der Waals surface area contributed by atoms with E-state index in [-0.39, 0.29) is 23.3 Å². The van der Waals surface area contributed by atoms with Gasteiger partial charge in [-0.1, -0.05) is 50.6 Å². The molecule has 1 aliphatic rings. The summed E-state index contributed by atoms with van der Waals surface area (Å²) in [7, 11) is 0.